The molecule has 2 aromatic heterocycles. The molecule has 0 aliphatic carbocycles. The molecule has 0 atom stereocenters. The first-order valence-electron chi connectivity index (χ1n) is 8.71. The molecular weight excluding hydrogens is 451 g/mol. The summed E-state index contributed by atoms with van der Waals surface area (Å²) < 4.78 is 42.7. The summed E-state index contributed by atoms with van der Waals surface area (Å²) in [5, 5.41) is 23.3. The van der Waals surface area contributed by atoms with Crippen molar-refractivity contribution in [2.24, 2.45) is 0 Å². The number of carbonyl (C=O) groups is 2. The molecule has 0 fully saturated rings. The first kappa shape index (κ1) is 20.9. The fourth-order valence-corrected chi connectivity index (χ4v) is 5.07. The zero-order chi connectivity index (χ0) is 22.4. The number of rotatable bonds is 4. The lowest BCUT2D eigenvalue weighted by Crippen LogP contribution is -2.12. The summed E-state index contributed by atoms with van der Waals surface area (Å²) in [6.45, 7) is 1.37. The average molecular weight is 463 g/mol. The van der Waals surface area contributed by atoms with Crippen LogP contribution in [0.5, 0.6) is 5.75 Å². The van der Waals surface area contributed by atoms with Crippen LogP contribution in [0.25, 0.3) is 21.2 Å². The highest BCUT2D eigenvalue weighted by Crippen LogP contribution is 2.41. The minimum absolute atomic E-state index is 0.0642. The fraction of sp³-hybridized carbons (Fsp3) is 0.0476. The van der Waals surface area contributed by atoms with E-state index in [0.29, 0.717) is 4.70 Å². The van der Waals surface area contributed by atoms with Crippen LogP contribution in [0.15, 0.2) is 35.7 Å². The van der Waals surface area contributed by atoms with Gasteiger partial charge >= 0.3 is 5.97 Å². The third-order valence-electron chi connectivity index (χ3n) is 4.64. The van der Waals surface area contributed by atoms with Crippen molar-refractivity contribution in [3.05, 3.63) is 69.2 Å². The van der Waals surface area contributed by atoms with Gasteiger partial charge in [-0.25, -0.2) is 18.0 Å². The van der Waals surface area contributed by atoms with Gasteiger partial charge in [-0.2, -0.15) is 0 Å². The Morgan fingerprint density at radius 1 is 1.03 bits per heavy atom. The van der Waals surface area contributed by atoms with Crippen LogP contribution in [0.3, 0.4) is 0 Å². The van der Waals surface area contributed by atoms with Crippen molar-refractivity contribution in [3.8, 4) is 16.9 Å². The monoisotopic (exact) mass is 463 g/mol. The molecule has 4 rings (SSSR count). The molecule has 4 aromatic rings. The van der Waals surface area contributed by atoms with Crippen LogP contribution in [-0.4, -0.2) is 22.1 Å². The molecule has 0 bridgehead atoms. The Morgan fingerprint density at radius 2 is 1.77 bits per heavy atom. The van der Waals surface area contributed by atoms with Crippen LogP contribution in [0, 0.1) is 24.4 Å². The number of benzene rings is 2. The van der Waals surface area contributed by atoms with E-state index in [0.717, 1.165) is 28.7 Å². The number of carboxylic acids is 1. The molecule has 3 N–H and O–H groups in total. The number of aromatic carboxylic acids is 1. The SMILES string of the molecule is Cc1ccc(-c2csc(NC(=O)c3sc4cccc(F)c4c3O)c2C(=O)O)c(F)c1F. The number of fused-ring (bicyclic) bond motifs is 1. The second-order valence-electron chi connectivity index (χ2n) is 6.56. The van der Waals surface area contributed by atoms with Crippen LogP contribution in [0.2, 0.25) is 0 Å². The summed E-state index contributed by atoms with van der Waals surface area (Å²) in [5.41, 5.74) is -0.721. The molecule has 0 saturated heterocycles. The number of carbonyl (C=O) groups excluding carboxylic acids is 1. The lowest BCUT2D eigenvalue weighted by atomic mass is 10.0. The molecule has 0 aliphatic rings. The van der Waals surface area contributed by atoms with E-state index < -0.39 is 40.6 Å². The Morgan fingerprint density at radius 3 is 2.45 bits per heavy atom. The second-order valence-corrected chi connectivity index (χ2v) is 8.50. The Bertz CT molecular complexity index is 1380. The summed E-state index contributed by atoms with van der Waals surface area (Å²) in [4.78, 5) is 24.3. The Balaban J connectivity index is 1.76. The molecule has 158 valence electrons. The zero-order valence-electron chi connectivity index (χ0n) is 15.6. The van der Waals surface area contributed by atoms with Gasteiger partial charge in [-0.1, -0.05) is 18.2 Å². The maximum atomic E-state index is 14.4. The number of thiophene rings is 2. The first-order valence-corrected chi connectivity index (χ1v) is 10.4. The average Bonchev–Trinajstić information content (AvgIpc) is 3.28. The standard InChI is InChI=1S/C21H12F3NO4S2/c1-8-5-6-9(16(24)15(8)23)10-7-30-20(13(10)21(28)29)25-19(27)18-17(26)14-11(22)3-2-4-12(14)31-18/h2-7,26H,1H3,(H,25,27)(H,28,29). The van der Waals surface area contributed by atoms with Gasteiger partial charge in [-0.3, -0.25) is 4.79 Å². The molecule has 0 radical (unpaired) electrons. The van der Waals surface area contributed by atoms with Crippen LogP contribution < -0.4 is 5.32 Å². The fourth-order valence-electron chi connectivity index (χ4n) is 3.12. The van der Waals surface area contributed by atoms with Gasteiger partial charge in [0.2, 0.25) is 0 Å². The number of anilines is 1. The lowest BCUT2D eigenvalue weighted by molar-refractivity contribution is 0.0699. The predicted octanol–water partition coefficient (Wildman–Crippen LogP) is 6.01. The van der Waals surface area contributed by atoms with E-state index in [9.17, 15) is 33.0 Å². The summed E-state index contributed by atoms with van der Waals surface area (Å²) in [7, 11) is 0. The number of nitrogens with one attached hydrogen (secondary N) is 1. The van der Waals surface area contributed by atoms with Gasteiger partial charge < -0.3 is 15.5 Å². The second kappa shape index (κ2) is 7.71. The molecule has 0 aliphatic heterocycles. The van der Waals surface area contributed by atoms with Gasteiger partial charge in [0.15, 0.2) is 11.6 Å². The molecule has 1 amide bonds. The van der Waals surface area contributed by atoms with Gasteiger partial charge in [0, 0.05) is 21.2 Å². The minimum Gasteiger partial charge on any atom is -0.505 e. The molecule has 10 heteroatoms. The van der Waals surface area contributed by atoms with E-state index in [1.807, 2.05) is 0 Å². The summed E-state index contributed by atoms with van der Waals surface area (Å²) in [5.74, 6) is -5.87. The quantitative estimate of drug-likeness (QED) is 0.346. The maximum Gasteiger partial charge on any atom is 0.339 e. The number of amides is 1. The van der Waals surface area contributed by atoms with Gasteiger partial charge in [-0.15, -0.1) is 22.7 Å². The number of hydrogen-bond donors (Lipinski definition) is 3. The Hall–Kier alpha value is -3.37. The van der Waals surface area contributed by atoms with E-state index in [-0.39, 0.29) is 32.0 Å². The van der Waals surface area contributed by atoms with Gasteiger partial charge in [0.05, 0.1) is 5.39 Å². The molecule has 2 aromatic carbocycles. The van der Waals surface area contributed by atoms with E-state index >= 15 is 0 Å². The van der Waals surface area contributed by atoms with Crippen molar-refractivity contribution in [2.45, 2.75) is 6.92 Å². The third-order valence-corrected chi connectivity index (χ3v) is 6.68. The first-order chi connectivity index (χ1) is 14.7. The Kier molecular flexibility index (Phi) is 5.19. The van der Waals surface area contributed by atoms with Crippen LogP contribution >= 0.6 is 22.7 Å². The highest BCUT2D eigenvalue weighted by molar-refractivity contribution is 7.21. The van der Waals surface area contributed by atoms with E-state index in [4.69, 9.17) is 0 Å². The van der Waals surface area contributed by atoms with Crippen molar-refractivity contribution in [1.82, 2.24) is 0 Å². The number of halogens is 3. The molecule has 5 nitrogen and oxygen atoms in total. The van der Waals surface area contributed by atoms with Gasteiger partial charge in [-0.05, 0) is 24.6 Å². The zero-order valence-corrected chi connectivity index (χ0v) is 17.3. The number of aromatic hydroxyl groups is 1. The Labute approximate surface area is 181 Å². The molecule has 2 heterocycles. The van der Waals surface area contributed by atoms with Crippen molar-refractivity contribution in [3.63, 3.8) is 0 Å². The summed E-state index contributed by atoms with van der Waals surface area (Å²) in [6, 6.07) is 6.67. The largest absolute Gasteiger partial charge is 0.505 e. The molecule has 0 unspecified atom stereocenters. The van der Waals surface area contributed by atoms with Gasteiger partial charge in [0.1, 0.15) is 27.0 Å². The van der Waals surface area contributed by atoms with Crippen LogP contribution in [-0.2, 0) is 0 Å². The smallest absolute Gasteiger partial charge is 0.339 e. The third kappa shape index (κ3) is 3.43. The van der Waals surface area contributed by atoms with Crippen molar-refractivity contribution >= 4 is 49.6 Å². The van der Waals surface area contributed by atoms with E-state index in [2.05, 4.69) is 5.32 Å². The molecule has 0 saturated carbocycles. The maximum absolute atomic E-state index is 14.4. The van der Waals surface area contributed by atoms with Crippen LogP contribution in [0.1, 0.15) is 25.6 Å². The predicted molar refractivity (Wildman–Crippen MR) is 113 cm³/mol. The highest BCUT2D eigenvalue weighted by atomic mass is 32.1. The normalized spacial score (nSPS) is 11.1. The summed E-state index contributed by atoms with van der Waals surface area (Å²) >= 11 is 1.64. The van der Waals surface area contributed by atoms with E-state index in [1.165, 1.54) is 36.6 Å². The number of carboxylic acid groups (broad SMARTS) is 1. The summed E-state index contributed by atoms with van der Waals surface area (Å²) in [6.07, 6.45) is 0. The number of hydrogen-bond acceptors (Lipinski definition) is 5. The number of aryl methyl sites for hydroxylation is 1. The van der Waals surface area contributed by atoms with E-state index in [1.54, 1.807) is 0 Å². The lowest BCUT2D eigenvalue weighted by Gasteiger charge is -2.08. The molecule has 31 heavy (non-hydrogen) atoms. The highest BCUT2D eigenvalue weighted by Gasteiger charge is 2.26. The van der Waals surface area contributed by atoms with Crippen molar-refractivity contribution in [2.75, 3.05) is 5.32 Å². The van der Waals surface area contributed by atoms with Gasteiger partial charge in [0.25, 0.3) is 5.91 Å². The van der Waals surface area contributed by atoms with Crippen molar-refractivity contribution < 1.29 is 33.0 Å². The van der Waals surface area contributed by atoms with Crippen molar-refractivity contribution in [1.29, 1.82) is 0 Å². The topological polar surface area (TPSA) is 86.6 Å². The van der Waals surface area contributed by atoms with Crippen LogP contribution in [0.4, 0.5) is 18.2 Å². The molecule has 0 spiro atoms. The molecular formula is C21H12F3NO4S2. The minimum atomic E-state index is -1.46.